The molecule has 0 N–H and O–H groups in total. The van der Waals surface area contributed by atoms with Gasteiger partial charge in [-0.15, -0.1) is 11.3 Å². The Bertz CT molecular complexity index is 318. The topological polar surface area (TPSA) is 31.4 Å². The molecular formula is C11H17NO2S. The quantitative estimate of drug-likeness (QED) is 0.795. The van der Waals surface area contributed by atoms with Crippen molar-refractivity contribution in [3.8, 4) is 0 Å². The van der Waals surface area contributed by atoms with Gasteiger partial charge in [-0.05, 0) is 26.2 Å². The summed E-state index contributed by atoms with van der Waals surface area (Å²) in [4.78, 5) is 4.56. The van der Waals surface area contributed by atoms with Crippen LogP contribution in [0.5, 0.6) is 0 Å². The van der Waals surface area contributed by atoms with Crippen molar-refractivity contribution in [3.05, 3.63) is 16.1 Å². The molecule has 3 nitrogen and oxygen atoms in total. The van der Waals surface area contributed by atoms with E-state index in [0.717, 1.165) is 23.7 Å². The molecule has 1 aromatic heterocycles. The van der Waals surface area contributed by atoms with Gasteiger partial charge in [-0.3, -0.25) is 0 Å². The number of thiazole rings is 1. The second-order valence-corrected chi connectivity index (χ2v) is 4.97. The van der Waals surface area contributed by atoms with E-state index >= 15 is 0 Å². The maximum Gasteiger partial charge on any atom is 0.125 e. The Morgan fingerprint density at radius 2 is 2.47 bits per heavy atom. The largest absolute Gasteiger partial charge is 0.378 e. The van der Waals surface area contributed by atoms with Gasteiger partial charge >= 0.3 is 0 Å². The summed E-state index contributed by atoms with van der Waals surface area (Å²) in [5.41, 5.74) is 0.849. The standard InChI is InChI=1S/C11H17NO2S/c1-11(5-3-4-6-14-11)10-12-9(7-13-2)8-15-10/h8H,3-7H2,1-2H3. The molecule has 15 heavy (non-hydrogen) atoms. The van der Waals surface area contributed by atoms with Crippen molar-refractivity contribution >= 4 is 11.3 Å². The molecular weight excluding hydrogens is 210 g/mol. The molecule has 1 saturated heterocycles. The minimum atomic E-state index is -0.158. The van der Waals surface area contributed by atoms with Gasteiger partial charge in [0.1, 0.15) is 10.6 Å². The van der Waals surface area contributed by atoms with Crippen molar-refractivity contribution < 1.29 is 9.47 Å². The Hall–Kier alpha value is -0.450. The molecule has 0 bridgehead atoms. The van der Waals surface area contributed by atoms with E-state index in [1.165, 1.54) is 12.8 Å². The monoisotopic (exact) mass is 227 g/mol. The Morgan fingerprint density at radius 1 is 1.60 bits per heavy atom. The Morgan fingerprint density at radius 3 is 3.13 bits per heavy atom. The minimum Gasteiger partial charge on any atom is -0.378 e. The van der Waals surface area contributed by atoms with E-state index in [2.05, 4.69) is 17.3 Å². The lowest BCUT2D eigenvalue weighted by Crippen LogP contribution is -2.30. The Kier molecular flexibility index (Phi) is 3.38. The van der Waals surface area contributed by atoms with Crippen LogP contribution in [-0.2, 0) is 21.7 Å². The van der Waals surface area contributed by atoms with Crippen molar-refractivity contribution in [2.24, 2.45) is 0 Å². The lowest BCUT2D eigenvalue weighted by molar-refractivity contribution is -0.0703. The zero-order chi connectivity index (χ0) is 10.7. The van der Waals surface area contributed by atoms with Gasteiger partial charge < -0.3 is 9.47 Å². The van der Waals surface area contributed by atoms with E-state index < -0.39 is 0 Å². The smallest absolute Gasteiger partial charge is 0.125 e. The first-order valence-corrected chi connectivity index (χ1v) is 6.20. The van der Waals surface area contributed by atoms with Crippen LogP contribution in [-0.4, -0.2) is 18.7 Å². The Balaban J connectivity index is 2.12. The van der Waals surface area contributed by atoms with Crippen LogP contribution < -0.4 is 0 Å². The molecule has 1 aliphatic rings. The maximum atomic E-state index is 5.85. The number of ether oxygens (including phenoxy) is 2. The molecule has 1 fully saturated rings. The van der Waals surface area contributed by atoms with E-state index in [9.17, 15) is 0 Å². The van der Waals surface area contributed by atoms with Crippen LogP contribution in [0.15, 0.2) is 5.38 Å². The van der Waals surface area contributed by atoms with Crippen LogP contribution in [0.25, 0.3) is 0 Å². The fraction of sp³-hybridized carbons (Fsp3) is 0.727. The molecule has 0 radical (unpaired) electrons. The molecule has 0 aliphatic carbocycles. The van der Waals surface area contributed by atoms with E-state index in [-0.39, 0.29) is 5.60 Å². The fourth-order valence-electron chi connectivity index (χ4n) is 1.87. The molecule has 1 unspecified atom stereocenters. The SMILES string of the molecule is COCc1csc(C2(C)CCCCO2)n1. The average molecular weight is 227 g/mol. The molecule has 4 heteroatoms. The maximum absolute atomic E-state index is 5.85. The molecule has 84 valence electrons. The molecule has 0 amide bonds. The number of aromatic nitrogens is 1. The van der Waals surface area contributed by atoms with Gasteiger partial charge in [-0.25, -0.2) is 4.98 Å². The van der Waals surface area contributed by atoms with Gasteiger partial charge in [0.15, 0.2) is 0 Å². The summed E-state index contributed by atoms with van der Waals surface area (Å²) in [6.45, 7) is 3.59. The predicted molar refractivity (Wildman–Crippen MR) is 60.0 cm³/mol. The third-order valence-corrected chi connectivity index (χ3v) is 3.90. The zero-order valence-corrected chi connectivity index (χ0v) is 10.1. The highest BCUT2D eigenvalue weighted by Crippen LogP contribution is 2.36. The van der Waals surface area contributed by atoms with Gasteiger partial charge in [0.25, 0.3) is 0 Å². The first-order chi connectivity index (χ1) is 7.24. The summed E-state index contributed by atoms with van der Waals surface area (Å²) < 4.78 is 10.9. The van der Waals surface area contributed by atoms with Gasteiger partial charge in [-0.1, -0.05) is 0 Å². The van der Waals surface area contributed by atoms with E-state index in [1.54, 1.807) is 18.4 Å². The third kappa shape index (κ3) is 2.38. The van der Waals surface area contributed by atoms with Gasteiger partial charge in [0.2, 0.25) is 0 Å². The van der Waals surface area contributed by atoms with Crippen LogP contribution >= 0.6 is 11.3 Å². The third-order valence-electron chi connectivity index (χ3n) is 2.77. The van der Waals surface area contributed by atoms with Crippen molar-refractivity contribution in [2.75, 3.05) is 13.7 Å². The van der Waals surface area contributed by atoms with Crippen molar-refractivity contribution in [2.45, 2.75) is 38.4 Å². The minimum absolute atomic E-state index is 0.158. The van der Waals surface area contributed by atoms with Gasteiger partial charge in [0.05, 0.1) is 12.3 Å². The van der Waals surface area contributed by atoms with Crippen LogP contribution in [0.2, 0.25) is 0 Å². The van der Waals surface area contributed by atoms with Crippen LogP contribution in [0.4, 0.5) is 0 Å². The first-order valence-electron chi connectivity index (χ1n) is 5.32. The molecule has 1 aliphatic heterocycles. The summed E-state index contributed by atoms with van der Waals surface area (Å²) >= 11 is 1.68. The highest BCUT2D eigenvalue weighted by Gasteiger charge is 2.32. The highest BCUT2D eigenvalue weighted by atomic mass is 32.1. The lowest BCUT2D eigenvalue weighted by Gasteiger charge is -2.31. The molecule has 2 heterocycles. The summed E-state index contributed by atoms with van der Waals surface area (Å²) in [7, 11) is 1.69. The summed E-state index contributed by atoms with van der Waals surface area (Å²) in [5, 5.41) is 3.15. The Labute approximate surface area is 94.4 Å². The number of rotatable bonds is 3. The van der Waals surface area contributed by atoms with Crippen molar-refractivity contribution in [1.82, 2.24) is 4.98 Å². The summed E-state index contributed by atoms with van der Waals surface area (Å²) in [5.74, 6) is 0. The fourth-order valence-corrected chi connectivity index (χ4v) is 2.82. The number of nitrogens with zero attached hydrogens (tertiary/aromatic N) is 1. The average Bonchev–Trinajstić information content (AvgIpc) is 2.69. The number of hydrogen-bond acceptors (Lipinski definition) is 4. The van der Waals surface area contributed by atoms with Crippen molar-refractivity contribution in [1.29, 1.82) is 0 Å². The second kappa shape index (κ2) is 4.60. The van der Waals surface area contributed by atoms with E-state index in [0.29, 0.717) is 6.61 Å². The van der Waals surface area contributed by atoms with Gasteiger partial charge in [0, 0.05) is 19.1 Å². The van der Waals surface area contributed by atoms with E-state index in [4.69, 9.17) is 9.47 Å². The van der Waals surface area contributed by atoms with Crippen LogP contribution in [0.1, 0.15) is 36.9 Å². The van der Waals surface area contributed by atoms with E-state index in [1.807, 2.05) is 0 Å². The van der Waals surface area contributed by atoms with Gasteiger partial charge in [-0.2, -0.15) is 0 Å². The summed E-state index contributed by atoms with van der Waals surface area (Å²) in [6, 6.07) is 0. The molecule has 1 aromatic rings. The molecule has 1 atom stereocenters. The number of methoxy groups -OCH3 is 1. The predicted octanol–water partition coefficient (Wildman–Crippen LogP) is 2.71. The second-order valence-electron chi connectivity index (χ2n) is 4.11. The normalized spacial score (nSPS) is 26.8. The lowest BCUT2D eigenvalue weighted by atomic mass is 9.97. The van der Waals surface area contributed by atoms with Crippen LogP contribution in [0.3, 0.4) is 0 Å². The molecule has 0 saturated carbocycles. The highest BCUT2D eigenvalue weighted by molar-refractivity contribution is 7.09. The van der Waals surface area contributed by atoms with Crippen molar-refractivity contribution in [3.63, 3.8) is 0 Å². The first kappa shape index (κ1) is 11.0. The molecule has 2 rings (SSSR count). The van der Waals surface area contributed by atoms with Crippen LogP contribution in [0, 0.1) is 0 Å². The molecule has 0 aromatic carbocycles. The summed E-state index contributed by atoms with van der Waals surface area (Å²) in [6.07, 6.45) is 3.48. The molecule has 0 spiro atoms. The zero-order valence-electron chi connectivity index (χ0n) is 9.28. The number of hydrogen-bond donors (Lipinski definition) is 0.